The van der Waals surface area contributed by atoms with Crippen molar-refractivity contribution in [3.63, 3.8) is 0 Å². The van der Waals surface area contributed by atoms with Gasteiger partial charge < -0.3 is 19.3 Å². The van der Waals surface area contributed by atoms with E-state index in [4.69, 9.17) is 14.0 Å². The third kappa shape index (κ3) is 4.72. The Hall–Kier alpha value is -4.13. The first-order chi connectivity index (χ1) is 15.2. The Morgan fingerprint density at radius 1 is 0.935 bits per heavy atom. The van der Waals surface area contributed by atoms with Crippen molar-refractivity contribution in [2.24, 2.45) is 0 Å². The third-order valence-electron chi connectivity index (χ3n) is 4.71. The molecule has 0 unspecified atom stereocenters. The van der Waals surface area contributed by atoms with Gasteiger partial charge in [0.25, 0.3) is 5.89 Å². The smallest absolute Gasteiger partial charge is 0.258 e. The third-order valence-corrected chi connectivity index (χ3v) is 4.71. The standard InChI is InChI=1S/C24H21N3O4/c1-29-19-13-7-16(8-14-19)15-22(28)25-18-11-9-17(10-12-18)24-26-23(27-31-24)20-5-3-4-6-21(20)30-2/h3-14H,15H2,1-2H3,(H,25,28). The summed E-state index contributed by atoms with van der Waals surface area (Å²) in [5, 5.41) is 6.95. The van der Waals surface area contributed by atoms with Gasteiger partial charge in [0.15, 0.2) is 0 Å². The minimum atomic E-state index is -0.103. The summed E-state index contributed by atoms with van der Waals surface area (Å²) in [4.78, 5) is 16.8. The Balaban J connectivity index is 1.42. The summed E-state index contributed by atoms with van der Waals surface area (Å²) in [6.45, 7) is 0. The van der Waals surface area contributed by atoms with Crippen LogP contribution in [0.5, 0.6) is 11.5 Å². The number of anilines is 1. The molecule has 4 aromatic rings. The number of hydrogen-bond acceptors (Lipinski definition) is 6. The first-order valence-corrected chi connectivity index (χ1v) is 9.66. The van der Waals surface area contributed by atoms with Crippen molar-refractivity contribution in [2.45, 2.75) is 6.42 Å². The molecule has 31 heavy (non-hydrogen) atoms. The Labute approximate surface area is 179 Å². The van der Waals surface area contributed by atoms with Crippen LogP contribution in [0.25, 0.3) is 22.8 Å². The molecule has 1 heterocycles. The fraction of sp³-hybridized carbons (Fsp3) is 0.125. The fourth-order valence-corrected chi connectivity index (χ4v) is 3.11. The van der Waals surface area contributed by atoms with Crippen LogP contribution < -0.4 is 14.8 Å². The lowest BCUT2D eigenvalue weighted by atomic mass is 10.1. The molecule has 0 spiro atoms. The summed E-state index contributed by atoms with van der Waals surface area (Å²) >= 11 is 0. The fourth-order valence-electron chi connectivity index (χ4n) is 3.11. The first kappa shape index (κ1) is 20.2. The molecule has 0 aliphatic carbocycles. The summed E-state index contributed by atoms with van der Waals surface area (Å²) in [6.07, 6.45) is 0.275. The van der Waals surface area contributed by atoms with Gasteiger partial charge in [-0.2, -0.15) is 4.98 Å². The molecule has 7 nitrogen and oxygen atoms in total. The molecule has 3 aromatic carbocycles. The molecular weight excluding hydrogens is 394 g/mol. The molecule has 1 N–H and O–H groups in total. The van der Waals surface area contributed by atoms with Crippen LogP contribution in [0.3, 0.4) is 0 Å². The van der Waals surface area contributed by atoms with Crippen LogP contribution in [0.1, 0.15) is 5.56 Å². The summed E-state index contributed by atoms with van der Waals surface area (Å²) < 4.78 is 15.9. The molecule has 1 amide bonds. The van der Waals surface area contributed by atoms with E-state index in [1.54, 1.807) is 26.4 Å². The van der Waals surface area contributed by atoms with E-state index in [1.807, 2.05) is 60.7 Å². The van der Waals surface area contributed by atoms with Gasteiger partial charge in [0.2, 0.25) is 11.7 Å². The molecule has 0 fully saturated rings. The van der Waals surface area contributed by atoms with Gasteiger partial charge in [-0.25, -0.2) is 0 Å². The Morgan fingerprint density at radius 3 is 2.39 bits per heavy atom. The number of aromatic nitrogens is 2. The molecule has 7 heteroatoms. The number of hydrogen-bond donors (Lipinski definition) is 1. The van der Waals surface area contributed by atoms with E-state index in [-0.39, 0.29) is 12.3 Å². The number of nitrogens with zero attached hydrogens (tertiary/aromatic N) is 2. The van der Waals surface area contributed by atoms with Crippen LogP contribution in [0, 0.1) is 0 Å². The van der Waals surface area contributed by atoms with E-state index in [0.29, 0.717) is 23.2 Å². The van der Waals surface area contributed by atoms with E-state index in [9.17, 15) is 4.79 Å². The lowest BCUT2D eigenvalue weighted by Crippen LogP contribution is -2.14. The van der Waals surface area contributed by atoms with Crippen molar-refractivity contribution in [1.82, 2.24) is 10.1 Å². The predicted molar refractivity (Wildman–Crippen MR) is 117 cm³/mol. The van der Waals surface area contributed by atoms with Gasteiger partial charge >= 0.3 is 0 Å². The van der Waals surface area contributed by atoms with E-state index in [2.05, 4.69) is 15.5 Å². The highest BCUT2D eigenvalue weighted by Crippen LogP contribution is 2.29. The highest BCUT2D eigenvalue weighted by atomic mass is 16.5. The van der Waals surface area contributed by atoms with Crippen molar-refractivity contribution >= 4 is 11.6 Å². The quantitative estimate of drug-likeness (QED) is 0.475. The number of nitrogens with one attached hydrogen (secondary N) is 1. The topological polar surface area (TPSA) is 86.5 Å². The molecule has 0 aliphatic heterocycles. The SMILES string of the molecule is COc1ccc(CC(=O)Nc2ccc(-c3nc(-c4ccccc4OC)no3)cc2)cc1. The van der Waals surface area contributed by atoms with Crippen molar-refractivity contribution in [3.05, 3.63) is 78.4 Å². The number of amides is 1. The monoisotopic (exact) mass is 415 g/mol. The molecule has 4 rings (SSSR count). The second-order valence-electron chi connectivity index (χ2n) is 6.77. The molecule has 0 aliphatic rings. The van der Waals surface area contributed by atoms with Crippen LogP contribution in [0.4, 0.5) is 5.69 Å². The maximum Gasteiger partial charge on any atom is 0.258 e. The number of carbonyl (C=O) groups is 1. The molecular formula is C24H21N3O4. The van der Waals surface area contributed by atoms with Crippen molar-refractivity contribution < 1.29 is 18.8 Å². The zero-order valence-electron chi connectivity index (χ0n) is 17.2. The molecule has 0 bridgehead atoms. The molecule has 0 saturated heterocycles. The highest BCUT2D eigenvalue weighted by molar-refractivity contribution is 5.92. The highest BCUT2D eigenvalue weighted by Gasteiger charge is 2.14. The number of methoxy groups -OCH3 is 2. The zero-order valence-corrected chi connectivity index (χ0v) is 17.2. The van der Waals surface area contributed by atoms with Crippen LogP contribution in [0.15, 0.2) is 77.3 Å². The van der Waals surface area contributed by atoms with Gasteiger partial charge in [-0.3, -0.25) is 4.79 Å². The Kier molecular flexibility index (Phi) is 5.93. The first-order valence-electron chi connectivity index (χ1n) is 9.66. The van der Waals surface area contributed by atoms with Gasteiger partial charge in [-0.1, -0.05) is 29.4 Å². The minimum absolute atomic E-state index is 0.103. The van der Waals surface area contributed by atoms with Crippen molar-refractivity contribution in [2.75, 3.05) is 19.5 Å². The van der Waals surface area contributed by atoms with Gasteiger partial charge in [0, 0.05) is 11.3 Å². The number of rotatable bonds is 7. The average Bonchev–Trinajstić information content (AvgIpc) is 3.30. The predicted octanol–water partition coefficient (Wildman–Crippen LogP) is 4.60. The number of para-hydroxylation sites is 1. The number of benzene rings is 3. The van der Waals surface area contributed by atoms with Crippen LogP contribution in [-0.4, -0.2) is 30.3 Å². The van der Waals surface area contributed by atoms with Crippen LogP contribution in [0.2, 0.25) is 0 Å². The summed E-state index contributed by atoms with van der Waals surface area (Å²) in [5.41, 5.74) is 3.10. The summed E-state index contributed by atoms with van der Waals surface area (Å²) in [6, 6.07) is 22.1. The van der Waals surface area contributed by atoms with E-state index in [0.717, 1.165) is 22.4 Å². The van der Waals surface area contributed by atoms with Crippen molar-refractivity contribution in [1.29, 1.82) is 0 Å². The maximum atomic E-state index is 12.3. The molecule has 1 aromatic heterocycles. The summed E-state index contributed by atoms with van der Waals surface area (Å²) in [7, 11) is 3.21. The zero-order chi connectivity index (χ0) is 21.6. The maximum absolute atomic E-state index is 12.3. The Morgan fingerprint density at radius 2 is 1.68 bits per heavy atom. The average molecular weight is 415 g/mol. The molecule has 0 saturated carbocycles. The van der Waals surface area contributed by atoms with Gasteiger partial charge in [-0.15, -0.1) is 0 Å². The lowest BCUT2D eigenvalue weighted by molar-refractivity contribution is -0.115. The van der Waals surface area contributed by atoms with Crippen molar-refractivity contribution in [3.8, 4) is 34.3 Å². The summed E-state index contributed by atoms with van der Waals surface area (Å²) in [5.74, 6) is 2.16. The molecule has 0 radical (unpaired) electrons. The molecule has 156 valence electrons. The lowest BCUT2D eigenvalue weighted by Gasteiger charge is -2.06. The minimum Gasteiger partial charge on any atom is -0.497 e. The van der Waals surface area contributed by atoms with E-state index >= 15 is 0 Å². The van der Waals surface area contributed by atoms with Gasteiger partial charge in [0.1, 0.15) is 11.5 Å². The normalized spacial score (nSPS) is 10.5. The molecule has 0 atom stereocenters. The van der Waals surface area contributed by atoms with E-state index < -0.39 is 0 Å². The second-order valence-corrected chi connectivity index (χ2v) is 6.77. The van der Waals surface area contributed by atoms with Gasteiger partial charge in [-0.05, 0) is 54.1 Å². The number of carbonyl (C=O) groups excluding carboxylic acids is 1. The van der Waals surface area contributed by atoms with Crippen LogP contribution in [-0.2, 0) is 11.2 Å². The Bertz CT molecular complexity index is 1170. The largest absolute Gasteiger partial charge is 0.497 e. The number of ether oxygens (including phenoxy) is 2. The van der Waals surface area contributed by atoms with Gasteiger partial charge in [0.05, 0.1) is 26.2 Å². The second kappa shape index (κ2) is 9.13. The van der Waals surface area contributed by atoms with Crippen LogP contribution >= 0.6 is 0 Å². The van der Waals surface area contributed by atoms with E-state index in [1.165, 1.54) is 0 Å².